The van der Waals surface area contributed by atoms with Crippen molar-refractivity contribution in [2.45, 2.75) is 55.8 Å². The molecule has 2 saturated heterocycles. The average molecular weight is 392 g/mol. The van der Waals surface area contributed by atoms with Crippen LogP contribution in [0.2, 0.25) is 0 Å². The van der Waals surface area contributed by atoms with Crippen LogP contribution in [-0.4, -0.2) is 59.8 Å². The minimum atomic E-state index is -4.14. The molecule has 6 atom stereocenters. The van der Waals surface area contributed by atoms with Gasteiger partial charge in [-0.1, -0.05) is 6.07 Å². The Hall–Kier alpha value is -1.27. The van der Waals surface area contributed by atoms with E-state index >= 15 is 0 Å². The maximum Gasteiger partial charge on any atom is 0.401 e. The van der Waals surface area contributed by atoms with Crippen LogP contribution in [0.5, 0.6) is 5.75 Å². The number of likely N-dealkylation sites (tertiary alicyclic amines) is 2. The number of phenols is 1. The Morgan fingerprint density at radius 1 is 1.25 bits per heavy atom. The van der Waals surface area contributed by atoms with E-state index in [1.165, 1.54) is 11.1 Å². The molecule has 1 aromatic rings. The summed E-state index contributed by atoms with van der Waals surface area (Å²) in [4.78, 5) is 4.26. The van der Waals surface area contributed by atoms with Crippen LogP contribution < -0.4 is 0 Å². The zero-order valence-electron chi connectivity index (χ0n) is 16.2. The molecule has 2 aliphatic heterocycles. The number of phenolic OH excluding ortho intramolecular Hbond substituents is 1. The Kier molecular flexibility index (Phi) is 3.30. The molecule has 0 radical (unpaired) electrons. The Morgan fingerprint density at radius 2 is 2.07 bits per heavy atom. The summed E-state index contributed by atoms with van der Waals surface area (Å²) in [5.41, 5.74) is 2.67. The predicted octanol–water partition coefficient (Wildman–Crippen LogP) is 3.55. The highest BCUT2D eigenvalue weighted by molar-refractivity contribution is 5.50. The number of benzene rings is 1. The number of fused-ring (bicyclic) bond motifs is 1. The number of aromatic hydroxyl groups is 1. The molecular weight excluding hydrogens is 365 g/mol. The smallest absolute Gasteiger partial charge is 0.401 e. The first-order valence-corrected chi connectivity index (χ1v) is 10.6. The molecular formula is C22H27F3N2O. The SMILES string of the molecule is CN1CC[C@@]23c4cc(O)ccc4C[C@@H]1[C@]21CCC2C3[C@@H](CN2CC(F)(F)F)C1. The summed E-state index contributed by atoms with van der Waals surface area (Å²) < 4.78 is 39.8. The molecule has 28 heavy (non-hydrogen) atoms. The first-order chi connectivity index (χ1) is 13.3. The van der Waals surface area contributed by atoms with Crippen LogP contribution in [0.4, 0.5) is 13.2 Å². The van der Waals surface area contributed by atoms with Gasteiger partial charge in [-0.05, 0) is 86.2 Å². The first-order valence-electron chi connectivity index (χ1n) is 10.6. The van der Waals surface area contributed by atoms with Crippen molar-refractivity contribution in [3.63, 3.8) is 0 Å². The molecule has 1 N–H and O–H groups in total. The minimum absolute atomic E-state index is 0.0274. The molecule has 0 aromatic heterocycles. The summed E-state index contributed by atoms with van der Waals surface area (Å²) in [6.45, 7) is 0.809. The van der Waals surface area contributed by atoms with Gasteiger partial charge in [-0.3, -0.25) is 4.90 Å². The minimum Gasteiger partial charge on any atom is -0.508 e. The average Bonchev–Trinajstić information content (AvgIpc) is 3.02. The second-order valence-corrected chi connectivity index (χ2v) is 10.1. The number of likely N-dealkylation sites (N-methyl/N-ethyl adjacent to an activating group) is 1. The molecule has 4 fully saturated rings. The molecule has 1 aromatic carbocycles. The van der Waals surface area contributed by atoms with E-state index in [4.69, 9.17) is 0 Å². The van der Waals surface area contributed by atoms with Gasteiger partial charge in [-0.2, -0.15) is 13.2 Å². The van der Waals surface area contributed by atoms with Crippen LogP contribution in [0.25, 0.3) is 0 Å². The number of nitrogens with zero attached hydrogens (tertiary/aromatic N) is 2. The van der Waals surface area contributed by atoms with E-state index in [1.807, 2.05) is 6.07 Å². The van der Waals surface area contributed by atoms with Gasteiger partial charge in [0, 0.05) is 24.0 Å². The summed E-state index contributed by atoms with van der Waals surface area (Å²) in [5, 5.41) is 10.3. The number of hydrogen-bond donors (Lipinski definition) is 1. The molecule has 2 unspecified atom stereocenters. The monoisotopic (exact) mass is 392 g/mol. The van der Waals surface area contributed by atoms with Crippen LogP contribution >= 0.6 is 0 Å². The van der Waals surface area contributed by atoms with E-state index in [1.54, 1.807) is 11.0 Å². The highest BCUT2D eigenvalue weighted by Gasteiger charge is 2.75. The van der Waals surface area contributed by atoms with Crippen molar-refractivity contribution < 1.29 is 18.3 Å². The molecule has 3 nitrogen and oxygen atoms in total. The summed E-state index contributed by atoms with van der Waals surface area (Å²) in [6.07, 6.45) is 0.828. The van der Waals surface area contributed by atoms with Crippen molar-refractivity contribution in [1.29, 1.82) is 0 Å². The van der Waals surface area contributed by atoms with Crippen LogP contribution in [-0.2, 0) is 11.8 Å². The molecule has 2 saturated carbocycles. The quantitative estimate of drug-likeness (QED) is 0.792. The number of alkyl halides is 3. The van der Waals surface area contributed by atoms with Crippen molar-refractivity contribution in [2.24, 2.45) is 17.3 Å². The Balaban J connectivity index is 1.53. The summed E-state index contributed by atoms with van der Waals surface area (Å²) in [5.74, 6) is 0.933. The largest absolute Gasteiger partial charge is 0.508 e. The molecule has 5 aliphatic rings. The molecule has 6 heteroatoms. The lowest BCUT2D eigenvalue weighted by Gasteiger charge is -2.66. The van der Waals surface area contributed by atoms with Crippen molar-refractivity contribution in [2.75, 3.05) is 26.7 Å². The van der Waals surface area contributed by atoms with Crippen LogP contribution in [0, 0.1) is 17.3 Å². The Labute approximate surface area is 163 Å². The molecule has 152 valence electrons. The predicted molar refractivity (Wildman–Crippen MR) is 99.2 cm³/mol. The normalized spacial score (nSPS) is 44.4. The zero-order chi connectivity index (χ0) is 19.5. The maximum atomic E-state index is 13.3. The molecule has 3 aliphatic carbocycles. The van der Waals surface area contributed by atoms with E-state index < -0.39 is 12.7 Å². The van der Waals surface area contributed by atoms with E-state index in [-0.39, 0.29) is 16.9 Å². The van der Waals surface area contributed by atoms with Gasteiger partial charge in [-0.25, -0.2) is 0 Å². The molecule has 2 heterocycles. The molecule has 4 bridgehead atoms. The standard InChI is InChI=1S/C22H27F3N2O/c1-26-7-6-21-16-9-15(28)3-2-13(16)8-18(26)20(21)5-4-17-19(21)14(10-20)11-27(17)12-22(23,24)25/h2-3,9,14,17-19,28H,4-8,10-12H2,1H3/t14-,17?,18-,19?,20-,21+/m1/s1. The summed E-state index contributed by atoms with van der Waals surface area (Å²) in [6, 6.07) is 6.30. The van der Waals surface area contributed by atoms with Gasteiger partial charge >= 0.3 is 6.18 Å². The van der Waals surface area contributed by atoms with Crippen LogP contribution in [0.3, 0.4) is 0 Å². The lowest BCUT2D eigenvalue weighted by atomic mass is 9.43. The molecule has 0 amide bonds. The Morgan fingerprint density at radius 3 is 2.86 bits per heavy atom. The summed E-state index contributed by atoms with van der Waals surface area (Å²) in [7, 11) is 2.23. The third-order valence-electron chi connectivity index (χ3n) is 9.23. The topological polar surface area (TPSA) is 26.7 Å². The third-order valence-corrected chi connectivity index (χ3v) is 9.23. The van der Waals surface area contributed by atoms with Gasteiger partial charge < -0.3 is 10.0 Å². The van der Waals surface area contributed by atoms with E-state index in [0.717, 1.165) is 38.6 Å². The van der Waals surface area contributed by atoms with E-state index in [9.17, 15) is 18.3 Å². The second kappa shape index (κ2) is 5.25. The van der Waals surface area contributed by atoms with E-state index in [2.05, 4.69) is 18.0 Å². The zero-order valence-corrected chi connectivity index (χ0v) is 16.2. The van der Waals surface area contributed by atoms with Gasteiger partial charge in [0.2, 0.25) is 0 Å². The van der Waals surface area contributed by atoms with Crippen molar-refractivity contribution in [1.82, 2.24) is 9.80 Å². The lowest BCUT2D eigenvalue weighted by Crippen LogP contribution is -2.69. The summed E-state index contributed by atoms with van der Waals surface area (Å²) >= 11 is 0. The fourth-order valence-corrected chi connectivity index (χ4v) is 8.75. The van der Waals surface area contributed by atoms with Crippen LogP contribution in [0.15, 0.2) is 18.2 Å². The fourth-order valence-electron chi connectivity index (χ4n) is 8.75. The number of piperidine rings is 1. The number of hydrogen-bond acceptors (Lipinski definition) is 3. The molecule has 0 spiro atoms. The van der Waals surface area contributed by atoms with Crippen LogP contribution in [0.1, 0.15) is 36.8 Å². The fraction of sp³-hybridized carbons (Fsp3) is 0.727. The highest BCUT2D eigenvalue weighted by atomic mass is 19.4. The van der Waals surface area contributed by atoms with Crippen molar-refractivity contribution >= 4 is 0 Å². The highest BCUT2D eigenvalue weighted by Crippen LogP contribution is 2.75. The number of rotatable bonds is 1. The maximum absolute atomic E-state index is 13.3. The van der Waals surface area contributed by atoms with E-state index in [0.29, 0.717) is 30.2 Å². The van der Waals surface area contributed by atoms with Gasteiger partial charge in [0.15, 0.2) is 0 Å². The Bertz CT molecular complexity index is 842. The molecule has 6 rings (SSSR count). The lowest BCUT2D eigenvalue weighted by molar-refractivity contribution is -0.158. The van der Waals surface area contributed by atoms with Gasteiger partial charge in [0.1, 0.15) is 5.75 Å². The van der Waals surface area contributed by atoms with Gasteiger partial charge in [0.05, 0.1) is 6.54 Å². The van der Waals surface area contributed by atoms with Crippen molar-refractivity contribution in [3.8, 4) is 5.75 Å². The first kappa shape index (κ1) is 17.6. The van der Waals surface area contributed by atoms with Gasteiger partial charge in [0.25, 0.3) is 0 Å². The number of halogens is 3. The van der Waals surface area contributed by atoms with Crippen molar-refractivity contribution in [3.05, 3.63) is 29.3 Å². The second-order valence-electron chi connectivity index (χ2n) is 10.1. The third kappa shape index (κ3) is 1.94. The van der Waals surface area contributed by atoms with Gasteiger partial charge in [-0.15, -0.1) is 0 Å².